The fourth-order valence-corrected chi connectivity index (χ4v) is 3.92. The van der Waals surface area contributed by atoms with Gasteiger partial charge in [-0.1, -0.05) is 30.3 Å². The van der Waals surface area contributed by atoms with Gasteiger partial charge in [0, 0.05) is 23.4 Å². The highest BCUT2D eigenvalue weighted by atomic mass is 32.1. The van der Waals surface area contributed by atoms with Gasteiger partial charge in [0.15, 0.2) is 0 Å². The SMILES string of the molecule is Cc1ncsc1CNCC1(c2ccccc2)CCNCC1. The molecule has 1 aromatic carbocycles. The van der Waals surface area contributed by atoms with Crippen LogP contribution in [0.2, 0.25) is 0 Å². The number of hydrogen-bond donors (Lipinski definition) is 2. The fourth-order valence-electron chi connectivity index (χ4n) is 3.18. The summed E-state index contributed by atoms with van der Waals surface area (Å²) in [5.74, 6) is 0. The van der Waals surface area contributed by atoms with Gasteiger partial charge in [0.05, 0.1) is 11.2 Å². The first-order valence-corrected chi connectivity index (χ1v) is 8.54. The van der Waals surface area contributed by atoms with Crippen LogP contribution in [0.3, 0.4) is 0 Å². The zero-order valence-electron chi connectivity index (χ0n) is 12.6. The zero-order valence-corrected chi connectivity index (χ0v) is 13.4. The molecule has 0 amide bonds. The van der Waals surface area contributed by atoms with E-state index in [4.69, 9.17) is 0 Å². The smallest absolute Gasteiger partial charge is 0.0798 e. The summed E-state index contributed by atoms with van der Waals surface area (Å²) in [6, 6.07) is 11.0. The third kappa shape index (κ3) is 3.34. The van der Waals surface area contributed by atoms with Crippen LogP contribution in [0.5, 0.6) is 0 Å². The average Bonchev–Trinajstić information content (AvgIpc) is 2.95. The molecule has 1 fully saturated rings. The van der Waals surface area contributed by atoms with E-state index in [-0.39, 0.29) is 5.41 Å². The molecule has 1 saturated heterocycles. The molecule has 2 N–H and O–H groups in total. The van der Waals surface area contributed by atoms with E-state index < -0.39 is 0 Å². The summed E-state index contributed by atoms with van der Waals surface area (Å²) >= 11 is 1.74. The van der Waals surface area contributed by atoms with Crippen molar-refractivity contribution in [2.45, 2.75) is 31.7 Å². The Morgan fingerprint density at radius 3 is 2.67 bits per heavy atom. The molecular formula is C17H23N3S. The molecule has 0 spiro atoms. The lowest BCUT2D eigenvalue weighted by molar-refractivity contribution is 0.293. The molecule has 0 saturated carbocycles. The molecule has 4 heteroatoms. The molecule has 0 aliphatic carbocycles. The Kier molecular flexibility index (Phi) is 4.68. The first-order chi connectivity index (χ1) is 10.3. The van der Waals surface area contributed by atoms with E-state index in [1.54, 1.807) is 11.3 Å². The van der Waals surface area contributed by atoms with Gasteiger partial charge in [-0.25, -0.2) is 4.98 Å². The van der Waals surface area contributed by atoms with Crippen LogP contribution >= 0.6 is 11.3 Å². The maximum Gasteiger partial charge on any atom is 0.0798 e. The molecule has 1 aromatic heterocycles. The Balaban J connectivity index is 1.70. The predicted molar refractivity (Wildman–Crippen MR) is 88.8 cm³/mol. The van der Waals surface area contributed by atoms with E-state index in [2.05, 4.69) is 52.9 Å². The van der Waals surface area contributed by atoms with Crippen molar-refractivity contribution >= 4 is 11.3 Å². The summed E-state index contributed by atoms with van der Waals surface area (Å²) in [6.07, 6.45) is 2.40. The minimum absolute atomic E-state index is 0.269. The van der Waals surface area contributed by atoms with Crippen molar-refractivity contribution in [2.24, 2.45) is 0 Å². The van der Waals surface area contributed by atoms with Crippen LogP contribution in [0.1, 0.15) is 29.0 Å². The standard InChI is InChI=1S/C17H23N3S/c1-14-16(21-13-20-14)11-19-12-17(7-9-18-10-8-17)15-5-3-2-4-6-15/h2-6,13,18-19H,7-12H2,1H3. The van der Waals surface area contributed by atoms with Gasteiger partial charge in [0.2, 0.25) is 0 Å². The highest BCUT2D eigenvalue weighted by Gasteiger charge is 2.33. The second-order valence-electron chi connectivity index (χ2n) is 5.86. The van der Waals surface area contributed by atoms with Crippen LogP contribution in [0.4, 0.5) is 0 Å². The molecule has 1 aliphatic heterocycles. The Morgan fingerprint density at radius 1 is 1.24 bits per heavy atom. The molecule has 21 heavy (non-hydrogen) atoms. The molecule has 3 rings (SSSR count). The van der Waals surface area contributed by atoms with Crippen LogP contribution in [0.25, 0.3) is 0 Å². The van der Waals surface area contributed by atoms with Crippen molar-refractivity contribution in [3.8, 4) is 0 Å². The van der Waals surface area contributed by atoms with Crippen LogP contribution in [0.15, 0.2) is 35.8 Å². The van der Waals surface area contributed by atoms with Gasteiger partial charge >= 0.3 is 0 Å². The highest BCUT2D eigenvalue weighted by Crippen LogP contribution is 2.32. The summed E-state index contributed by atoms with van der Waals surface area (Å²) in [7, 11) is 0. The van der Waals surface area contributed by atoms with Crippen molar-refractivity contribution in [3.63, 3.8) is 0 Å². The first-order valence-electron chi connectivity index (χ1n) is 7.66. The van der Waals surface area contributed by atoms with E-state index in [9.17, 15) is 0 Å². The number of rotatable bonds is 5. The Morgan fingerprint density at radius 2 is 2.00 bits per heavy atom. The quantitative estimate of drug-likeness (QED) is 0.891. The topological polar surface area (TPSA) is 37.0 Å². The maximum absolute atomic E-state index is 4.33. The lowest BCUT2D eigenvalue weighted by atomic mass is 9.73. The molecule has 0 atom stereocenters. The average molecular weight is 301 g/mol. The number of benzene rings is 1. The maximum atomic E-state index is 4.33. The predicted octanol–water partition coefficient (Wildman–Crippen LogP) is 2.86. The third-order valence-corrected chi connectivity index (χ3v) is 5.48. The van der Waals surface area contributed by atoms with Gasteiger partial charge in [-0.2, -0.15) is 0 Å². The van der Waals surface area contributed by atoms with Gasteiger partial charge in [-0.15, -0.1) is 11.3 Å². The van der Waals surface area contributed by atoms with Crippen molar-refractivity contribution in [1.82, 2.24) is 15.6 Å². The number of nitrogens with one attached hydrogen (secondary N) is 2. The molecule has 0 radical (unpaired) electrons. The number of thiazole rings is 1. The van der Waals surface area contributed by atoms with E-state index in [1.165, 1.54) is 23.3 Å². The molecule has 0 unspecified atom stereocenters. The number of piperidine rings is 1. The van der Waals surface area contributed by atoms with E-state index >= 15 is 0 Å². The molecule has 3 nitrogen and oxygen atoms in total. The number of aryl methyl sites for hydroxylation is 1. The third-order valence-electron chi connectivity index (χ3n) is 4.54. The molecule has 2 heterocycles. The summed E-state index contributed by atoms with van der Waals surface area (Å²) in [4.78, 5) is 5.68. The van der Waals surface area contributed by atoms with E-state index in [0.717, 1.165) is 31.9 Å². The van der Waals surface area contributed by atoms with Crippen LogP contribution in [-0.4, -0.2) is 24.6 Å². The Labute approximate surface area is 130 Å². The minimum Gasteiger partial charge on any atom is -0.317 e. The Hall–Kier alpha value is -1.23. The monoisotopic (exact) mass is 301 g/mol. The summed E-state index contributed by atoms with van der Waals surface area (Å²) < 4.78 is 0. The lowest BCUT2D eigenvalue weighted by Crippen LogP contribution is -2.46. The molecule has 2 aromatic rings. The van der Waals surface area contributed by atoms with Crippen LogP contribution in [-0.2, 0) is 12.0 Å². The number of aromatic nitrogens is 1. The molecule has 112 valence electrons. The second-order valence-corrected chi connectivity index (χ2v) is 6.80. The number of hydrogen-bond acceptors (Lipinski definition) is 4. The van der Waals surface area contributed by atoms with Crippen molar-refractivity contribution in [2.75, 3.05) is 19.6 Å². The van der Waals surface area contributed by atoms with Gasteiger partial charge in [-0.05, 0) is 38.4 Å². The molecule has 0 bridgehead atoms. The van der Waals surface area contributed by atoms with Crippen LogP contribution in [0, 0.1) is 6.92 Å². The van der Waals surface area contributed by atoms with Crippen molar-refractivity contribution in [1.29, 1.82) is 0 Å². The minimum atomic E-state index is 0.269. The van der Waals surface area contributed by atoms with E-state index in [0.29, 0.717) is 0 Å². The van der Waals surface area contributed by atoms with Crippen LogP contribution < -0.4 is 10.6 Å². The second kappa shape index (κ2) is 6.69. The Bertz CT molecular complexity index is 558. The summed E-state index contributed by atoms with van der Waals surface area (Å²) in [5.41, 5.74) is 4.83. The normalized spacial score (nSPS) is 17.8. The summed E-state index contributed by atoms with van der Waals surface area (Å²) in [5, 5.41) is 7.17. The first kappa shape index (κ1) is 14.7. The van der Waals surface area contributed by atoms with E-state index in [1.807, 2.05) is 5.51 Å². The van der Waals surface area contributed by atoms with Gasteiger partial charge < -0.3 is 10.6 Å². The van der Waals surface area contributed by atoms with Gasteiger partial charge in [-0.3, -0.25) is 0 Å². The van der Waals surface area contributed by atoms with Crippen molar-refractivity contribution in [3.05, 3.63) is 52.0 Å². The number of nitrogens with zero attached hydrogens (tertiary/aromatic N) is 1. The molecular weight excluding hydrogens is 278 g/mol. The van der Waals surface area contributed by atoms with Gasteiger partial charge in [0.25, 0.3) is 0 Å². The van der Waals surface area contributed by atoms with Gasteiger partial charge in [0.1, 0.15) is 0 Å². The highest BCUT2D eigenvalue weighted by molar-refractivity contribution is 7.09. The zero-order chi connectivity index (χ0) is 14.5. The summed E-state index contributed by atoms with van der Waals surface area (Å²) in [6.45, 7) is 6.27. The lowest BCUT2D eigenvalue weighted by Gasteiger charge is -2.38. The molecule has 1 aliphatic rings. The van der Waals surface area contributed by atoms with Crippen molar-refractivity contribution < 1.29 is 0 Å². The fraction of sp³-hybridized carbons (Fsp3) is 0.471. The largest absolute Gasteiger partial charge is 0.317 e.